The summed E-state index contributed by atoms with van der Waals surface area (Å²) in [6.07, 6.45) is 2.19. The van der Waals surface area contributed by atoms with E-state index >= 15 is 0 Å². The Bertz CT molecular complexity index is 308. The van der Waals surface area contributed by atoms with Crippen LogP contribution in [0.4, 0.5) is 4.79 Å². The van der Waals surface area contributed by atoms with Crippen LogP contribution in [0.1, 0.15) is 18.4 Å². The lowest BCUT2D eigenvalue weighted by molar-refractivity contribution is 0.192. The van der Waals surface area contributed by atoms with E-state index in [-0.39, 0.29) is 6.03 Å². The fraction of sp³-hybridized carbons (Fsp3) is 0.444. The average molecular weight is 211 g/mol. The minimum Gasteiger partial charge on any atom is -0.316 e. The number of nitrogens with two attached hydrogens (primary N) is 1. The standard InChI is InChI=1S/C9H13N3OS/c10-11-9(13)12(8-1-2-8)5-7-3-4-14-6-7/h3-4,6,8H,1-2,5,10H2,(H,11,13). The lowest BCUT2D eigenvalue weighted by atomic mass is 10.3. The zero-order valence-electron chi connectivity index (χ0n) is 7.77. The third-order valence-electron chi connectivity index (χ3n) is 2.31. The summed E-state index contributed by atoms with van der Waals surface area (Å²) in [5, 5.41) is 4.07. The first kappa shape index (κ1) is 9.48. The molecule has 1 saturated carbocycles. The number of carbonyl (C=O) groups excluding carboxylic acids is 1. The molecule has 0 spiro atoms. The van der Waals surface area contributed by atoms with Crippen molar-refractivity contribution in [3.63, 3.8) is 0 Å². The first-order valence-electron chi connectivity index (χ1n) is 4.59. The second-order valence-electron chi connectivity index (χ2n) is 3.44. The molecular formula is C9H13N3OS. The Balaban J connectivity index is 2.00. The van der Waals surface area contributed by atoms with Crippen LogP contribution in [0.5, 0.6) is 0 Å². The van der Waals surface area contributed by atoms with Crippen LogP contribution in [0.15, 0.2) is 16.8 Å². The molecule has 4 nitrogen and oxygen atoms in total. The lowest BCUT2D eigenvalue weighted by Gasteiger charge is -2.20. The van der Waals surface area contributed by atoms with E-state index in [1.54, 1.807) is 16.2 Å². The normalized spacial score (nSPS) is 15.2. The summed E-state index contributed by atoms with van der Waals surface area (Å²) >= 11 is 1.64. The molecule has 0 aromatic carbocycles. The molecule has 1 aromatic rings. The van der Waals surface area contributed by atoms with Gasteiger partial charge < -0.3 is 4.90 Å². The maximum absolute atomic E-state index is 11.4. The van der Waals surface area contributed by atoms with Crippen LogP contribution in [0.2, 0.25) is 0 Å². The minimum atomic E-state index is -0.182. The maximum Gasteiger partial charge on any atom is 0.332 e. The summed E-state index contributed by atoms with van der Waals surface area (Å²) in [5.74, 6) is 5.13. The van der Waals surface area contributed by atoms with Gasteiger partial charge in [-0.15, -0.1) is 0 Å². The highest BCUT2D eigenvalue weighted by Gasteiger charge is 2.32. The second kappa shape index (κ2) is 3.98. The van der Waals surface area contributed by atoms with Crippen LogP contribution in [-0.2, 0) is 6.54 Å². The lowest BCUT2D eigenvalue weighted by Crippen LogP contribution is -2.44. The summed E-state index contributed by atoms with van der Waals surface area (Å²) in [4.78, 5) is 13.2. The van der Waals surface area contributed by atoms with Crippen LogP contribution in [0, 0.1) is 0 Å². The molecule has 76 valence electrons. The van der Waals surface area contributed by atoms with Crippen LogP contribution < -0.4 is 11.3 Å². The van der Waals surface area contributed by atoms with Crippen molar-refractivity contribution < 1.29 is 4.79 Å². The Morgan fingerprint density at radius 3 is 3.00 bits per heavy atom. The van der Waals surface area contributed by atoms with Gasteiger partial charge in [-0.25, -0.2) is 10.6 Å². The van der Waals surface area contributed by atoms with Gasteiger partial charge in [0.25, 0.3) is 0 Å². The summed E-state index contributed by atoms with van der Waals surface area (Å²) in [7, 11) is 0. The van der Waals surface area contributed by atoms with E-state index < -0.39 is 0 Å². The van der Waals surface area contributed by atoms with Crippen molar-refractivity contribution >= 4 is 17.4 Å². The molecule has 2 rings (SSSR count). The average Bonchev–Trinajstić information content (AvgIpc) is 2.92. The maximum atomic E-state index is 11.4. The number of hydrogen-bond acceptors (Lipinski definition) is 3. The summed E-state index contributed by atoms with van der Waals surface area (Å²) in [6.45, 7) is 0.664. The highest BCUT2D eigenvalue weighted by Crippen LogP contribution is 2.28. The number of carbonyl (C=O) groups is 1. The van der Waals surface area contributed by atoms with Crippen molar-refractivity contribution in [3.8, 4) is 0 Å². The van der Waals surface area contributed by atoms with Crippen molar-refractivity contribution in [2.75, 3.05) is 0 Å². The van der Waals surface area contributed by atoms with E-state index in [9.17, 15) is 4.79 Å². The molecule has 1 fully saturated rings. The van der Waals surface area contributed by atoms with E-state index in [1.807, 2.05) is 11.4 Å². The fourth-order valence-corrected chi connectivity index (χ4v) is 2.07. The van der Waals surface area contributed by atoms with Crippen LogP contribution in [0.3, 0.4) is 0 Å². The van der Waals surface area contributed by atoms with E-state index in [4.69, 9.17) is 5.84 Å². The Morgan fingerprint density at radius 1 is 1.71 bits per heavy atom. The smallest absolute Gasteiger partial charge is 0.316 e. The van der Waals surface area contributed by atoms with Gasteiger partial charge in [-0.1, -0.05) is 0 Å². The third-order valence-corrected chi connectivity index (χ3v) is 3.04. The van der Waals surface area contributed by atoms with Gasteiger partial charge in [0, 0.05) is 12.6 Å². The number of thiophene rings is 1. The van der Waals surface area contributed by atoms with Crippen molar-refractivity contribution in [1.82, 2.24) is 10.3 Å². The number of nitrogens with zero attached hydrogens (tertiary/aromatic N) is 1. The van der Waals surface area contributed by atoms with Crippen molar-refractivity contribution in [1.29, 1.82) is 0 Å². The molecule has 0 saturated heterocycles. The van der Waals surface area contributed by atoms with E-state index in [0.717, 1.165) is 12.8 Å². The van der Waals surface area contributed by atoms with Crippen LogP contribution in [-0.4, -0.2) is 17.0 Å². The molecule has 5 heteroatoms. The molecule has 0 aliphatic heterocycles. The summed E-state index contributed by atoms with van der Waals surface area (Å²) in [5.41, 5.74) is 3.36. The highest BCUT2D eigenvalue weighted by molar-refractivity contribution is 7.07. The molecule has 1 aliphatic carbocycles. The van der Waals surface area contributed by atoms with E-state index in [1.165, 1.54) is 5.56 Å². The van der Waals surface area contributed by atoms with E-state index in [0.29, 0.717) is 12.6 Å². The van der Waals surface area contributed by atoms with Gasteiger partial charge >= 0.3 is 6.03 Å². The molecule has 1 aliphatic rings. The molecule has 0 radical (unpaired) electrons. The van der Waals surface area contributed by atoms with Gasteiger partial charge in [-0.3, -0.25) is 5.43 Å². The quantitative estimate of drug-likeness (QED) is 0.450. The van der Waals surface area contributed by atoms with Gasteiger partial charge in [0.2, 0.25) is 0 Å². The van der Waals surface area contributed by atoms with Crippen LogP contribution in [0.25, 0.3) is 0 Å². The van der Waals surface area contributed by atoms with E-state index in [2.05, 4.69) is 10.8 Å². The SMILES string of the molecule is NNC(=O)N(Cc1ccsc1)C1CC1. The first-order valence-corrected chi connectivity index (χ1v) is 5.54. The summed E-state index contributed by atoms with van der Waals surface area (Å²) < 4.78 is 0. The number of urea groups is 1. The van der Waals surface area contributed by atoms with Gasteiger partial charge in [-0.05, 0) is 35.2 Å². The molecule has 2 amide bonds. The van der Waals surface area contributed by atoms with Gasteiger partial charge in [0.1, 0.15) is 0 Å². The topological polar surface area (TPSA) is 58.4 Å². The van der Waals surface area contributed by atoms with Crippen molar-refractivity contribution in [3.05, 3.63) is 22.4 Å². The van der Waals surface area contributed by atoms with Gasteiger partial charge in [0.05, 0.1) is 0 Å². The number of amides is 2. The molecule has 1 aromatic heterocycles. The van der Waals surface area contributed by atoms with Crippen LogP contribution >= 0.6 is 11.3 Å². The number of hydrogen-bond donors (Lipinski definition) is 2. The van der Waals surface area contributed by atoms with Gasteiger partial charge in [0.15, 0.2) is 0 Å². The molecular weight excluding hydrogens is 198 g/mol. The monoisotopic (exact) mass is 211 g/mol. The molecule has 0 atom stereocenters. The fourth-order valence-electron chi connectivity index (χ4n) is 1.42. The molecule has 0 unspecified atom stereocenters. The van der Waals surface area contributed by atoms with Crippen molar-refractivity contribution in [2.45, 2.75) is 25.4 Å². The Kier molecular flexibility index (Phi) is 2.69. The number of hydrazine groups is 1. The zero-order valence-corrected chi connectivity index (χ0v) is 8.59. The predicted molar refractivity (Wildman–Crippen MR) is 55.6 cm³/mol. The molecule has 0 bridgehead atoms. The molecule has 1 heterocycles. The second-order valence-corrected chi connectivity index (χ2v) is 4.22. The van der Waals surface area contributed by atoms with Gasteiger partial charge in [-0.2, -0.15) is 11.3 Å². The van der Waals surface area contributed by atoms with Crippen molar-refractivity contribution in [2.24, 2.45) is 5.84 Å². The molecule has 14 heavy (non-hydrogen) atoms. The zero-order chi connectivity index (χ0) is 9.97. The Labute approximate surface area is 86.7 Å². The first-order chi connectivity index (χ1) is 6.81. The predicted octanol–water partition coefficient (Wildman–Crippen LogP) is 1.30. The molecule has 3 N–H and O–H groups in total. The Morgan fingerprint density at radius 2 is 2.50 bits per heavy atom. The third kappa shape index (κ3) is 2.05. The number of nitrogens with one attached hydrogen (secondary N) is 1. The summed E-state index contributed by atoms with van der Waals surface area (Å²) in [6, 6.07) is 2.24. The number of rotatable bonds is 3. The largest absolute Gasteiger partial charge is 0.332 e. The minimum absolute atomic E-state index is 0.182. The highest BCUT2D eigenvalue weighted by atomic mass is 32.1. The Hall–Kier alpha value is -1.07.